The van der Waals surface area contributed by atoms with Crippen LogP contribution < -0.4 is 10.6 Å². The lowest BCUT2D eigenvalue weighted by molar-refractivity contribution is 0.632. The summed E-state index contributed by atoms with van der Waals surface area (Å²) in [6.07, 6.45) is 2.89. The van der Waals surface area contributed by atoms with Gasteiger partial charge in [0.05, 0.1) is 5.69 Å². The molecule has 0 aliphatic carbocycles. The smallest absolute Gasteiger partial charge is 0.191 e. The van der Waals surface area contributed by atoms with Crippen molar-refractivity contribution in [2.75, 3.05) is 23.4 Å². The van der Waals surface area contributed by atoms with Gasteiger partial charge >= 0.3 is 0 Å². The molecule has 2 aromatic rings. The van der Waals surface area contributed by atoms with E-state index in [4.69, 9.17) is 11.6 Å². The quantitative estimate of drug-likeness (QED) is 0.602. The van der Waals surface area contributed by atoms with Gasteiger partial charge in [-0.25, -0.2) is 14.4 Å². The molecule has 0 aliphatic rings. The molecular formula is C14H16ClFN4S. The highest BCUT2D eigenvalue weighted by atomic mass is 35.5. The molecule has 0 bridgehead atoms. The Morgan fingerprint density at radius 2 is 2.00 bits per heavy atom. The summed E-state index contributed by atoms with van der Waals surface area (Å²) in [5.41, 5.74) is 0.326. The second-order valence-corrected chi connectivity index (χ2v) is 5.51. The molecule has 0 radical (unpaired) electrons. The minimum absolute atomic E-state index is 0.326. The molecular weight excluding hydrogens is 311 g/mol. The Morgan fingerprint density at radius 3 is 2.67 bits per heavy atom. The van der Waals surface area contributed by atoms with E-state index in [0.717, 1.165) is 13.0 Å². The van der Waals surface area contributed by atoms with Crippen LogP contribution in [0.5, 0.6) is 0 Å². The van der Waals surface area contributed by atoms with Crippen molar-refractivity contribution in [2.24, 2.45) is 0 Å². The number of hydrogen-bond acceptors (Lipinski definition) is 5. The van der Waals surface area contributed by atoms with Gasteiger partial charge < -0.3 is 10.6 Å². The van der Waals surface area contributed by atoms with Gasteiger partial charge in [-0.15, -0.1) is 0 Å². The van der Waals surface area contributed by atoms with Gasteiger partial charge in [0, 0.05) is 17.6 Å². The van der Waals surface area contributed by atoms with Crippen molar-refractivity contribution in [3.8, 4) is 0 Å². The molecule has 2 N–H and O–H groups in total. The molecule has 1 aromatic carbocycles. The van der Waals surface area contributed by atoms with Crippen LogP contribution in [-0.2, 0) is 0 Å². The third kappa shape index (κ3) is 4.47. The minimum Gasteiger partial charge on any atom is -0.370 e. The van der Waals surface area contributed by atoms with Crippen molar-refractivity contribution in [3.63, 3.8) is 0 Å². The van der Waals surface area contributed by atoms with Crippen LogP contribution in [-0.4, -0.2) is 22.8 Å². The van der Waals surface area contributed by atoms with E-state index in [-0.39, 0.29) is 0 Å². The molecule has 0 aliphatic heterocycles. The van der Waals surface area contributed by atoms with Crippen LogP contribution in [0.15, 0.2) is 29.4 Å². The summed E-state index contributed by atoms with van der Waals surface area (Å²) >= 11 is 7.17. The van der Waals surface area contributed by atoms with Gasteiger partial charge in [0.25, 0.3) is 0 Å². The van der Waals surface area contributed by atoms with E-state index < -0.39 is 5.82 Å². The minimum atomic E-state index is -0.421. The summed E-state index contributed by atoms with van der Waals surface area (Å²) in [5, 5.41) is 7.13. The SMILES string of the molecule is CCCNc1cc(Nc2ccc(Cl)cc2F)nc(SC)n1. The summed E-state index contributed by atoms with van der Waals surface area (Å²) in [7, 11) is 0. The summed E-state index contributed by atoms with van der Waals surface area (Å²) in [6.45, 7) is 2.89. The summed E-state index contributed by atoms with van der Waals surface area (Å²) in [4.78, 5) is 8.67. The molecule has 0 saturated carbocycles. The van der Waals surface area contributed by atoms with Crippen molar-refractivity contribution >= 4 is 40.7 Å². The Bertz CT molecular complexity index is 624. The van der Waals surface area contributed by atoms with Crippen molar-refractivity contribution < 1.29 is 4.39 Å². The lowest BCUT2D eigenvalue weighted by atomic mass is 10.3. The maximum absolute atomic E-state index is 13.8. The van der Waals surface area contributed by atoms with E-state index in [1.54, 1.807) is 18.2 Å². The molecule has 0 amide bonds. The third-order valence-corrected chi connectivity index (χ3v) is 3.42. The van der Waals surface area contributed by atoms with Crippen LogP contribution in [0.2, 0.25) is 5.02 Å². The molecule has 0 atom stereocenters. The monoisotopic (exact) mass is 326 g/mol. The topological polar surface area (TPSA) is 49.8 Å². The summed E-state index contributed by atoms with van der Waals surface area (Å²) < 4.78 is 13.8. The van der Waals surface area contributed by atoms with E-state index in [1.807, 2.05) is 6.26 Å². The van der Waals surface area contributed by atoms with E-state index in [9.17, 15) is 4.39 Å². The highest BCUT2D eigenvalue weighted by molar-refractivity contribution is 7.98. The Hall–Kier alpha value is -1.53. The Morgan fingerprint density at radius 1 is 1.24 bits per heavy atom. The Kier molecular flexibility index (Phi) is 5.64. The maximum Gasteiger partial charge on any atom is 0.191 e. The van der Waals surface area contributed by atoms with Crippen LogP contribution in [0, 0.1) is 5.82 Å². The number of benzene rings is 1. The fourth-order valence-corrected chi connectivity index (χ4v) is 2.19. The molecule has 0 fully saturated rings. The highest BCUT2D eigenvalue weighted by Crippen LogP contribution is 2.24. The lowest BCUT2D eigenvalue weighted by Gasteiger charge is -2.11. The largest absolute Gasteiger partial charge is 0.370 e. The first-order chi connectivity index (χ1) is 10.1. The fourth-order valence-electron chi connectivity index (χ4n) is 1.65. The zero-order valence-corrected chi connectivity index (χ0v) is 13.4. The van der Waals surface area contributed by atoms with Crippen LogP contribution in [0.25, 0.3) is 0 Å². The Labute approximate surface area is 132 Å². The normalized spacial score (nSPS) is 10.5. The van der Waals surface area contributed by atoms with Crippen molar-refractivity contribution in [2.45, 2.75) is 18.5 Å². The number of rotatable bonds is 6. The second-order valence-electron chi connectivity index (χ2n) is 4.30. The molecule has 112 valence electrons. The highest BCUT2D eigenvalue weighted by Gasteiger charge is 2.07. The predicted molar refractivity (Wildman–Crippen MR) is 87.3 cm³/mol. The van der Waals surface area contributed by atoms with Gasteiger partial charge in [-0.05, 0) is 30.9 Å². The fraction of sp³-hybridized carbons (Fsp3) is 0.286. The molecule has 0 spiro atoms. The van der Waals surface area contributed by atoms with Gasteiger partial charge in [-0.2, -0.15) is 0 Å². The summed E-state index contributed by atoms with van der Waals surface area (Å²) in [5.74, 6) is 0.831. The number of nitrogens with zero attached hydrogens (tertiary/aromatic N) is 2. The lowest BCUT2D eigenvalue weighted by Crippen LogP contribution is -2.05. The van der Waals surface area contributed by atoms with E-state index in [0.29, 0.717) is 27.5 Å². The van der Waals surface area contributed by atoms with Gasteiger partial charge in [0.2, 0.25) is 0 Å². The molecule has 7 heteroatoms. The third-order valence-electron chi connectivity index (χ3n) is 2.64. The van der Waals surface area contributed by atoms with Crippen LogP contribution in [0.4, 0.5) is 21.7 Å². The number of anilines is 3. The van der Waals surface area contributed by atoms with Crippen molar-refractivity contribution in [3.05, 3.63) is 35.1 Å². The second kappa shape index (κ2) is 7.47. The van der Waals surface area contributed by atoms with E-state index in [1.165, 1.54) is 17.8 Å². The average molecular weight is 327 g/mol. The molecule has 1 aromatic heterocycles. The number of nitrogens with one attached hydrogen (secondary N) is 2. The van der Waals surface area contributed by atoms with E-state index in [2.05, 4.69) is 27.5 Å². The number of thioether (sulfide) groups is 1. The average Bonchev–Trinajstić information content (AvgIpc) is 2.48. The molecule has 0 saturated heterocycles. The molecule has 0 unspecified atom stereocenters. The van der Waals surface area contributed by atoms with Gasteiger partial charge in [0.15, 0.2) is 5.16 Å². The first-order valence-corrected chi connectivity index (χ1v) is 8.11. The van der Waals surface area contributed by atoms with Gasteiger partial charge in [-0.3, -0.25) is 0 Å². The molecule has 4 nitrogen and oxygen atoms in total. The number of halogens is 2. The molecule has 2 rings (SSSR count). The zero-order valence-electron chi connectivity index (χ0n) is 11.8. The van der Waals surface area contributed by atoms with Crippen molar-refractivity contribution in [1.29, 1.82) is 0 Å². The summed E-state index contributed by atoms with van der Waals surface area (Å²) in [6, 6.07) is 6.22. The predicted octanol–water partition coefficient (Wildman–Crippen LogP) is 4.56. The van der Waals surface area contributed by atoms with Crippen molar-refractivity contribution in [1.82, 2.24) is 9.97 Å². The van der Waals surface area contributed by atoms with Crippen LogP contribution in [0.3, 0.4) is 0 Å². The number of hydrogen-bond donors (Lipinski definition) is 2. The van der Waals surface area contributed by atoms with Crippen LogP contribution in [0.1, 0.15) is 13.3 Å². The maximum atomic E-state index is 13.8. The van der Waals surface area contributed by atoms with Gasteiger partial charge in [0.1, 0.15) is 17.5 Å². The molecule has 21 heavy (non-hydrogen) atoms. The standard InChI is InChI=1S/C14H16ClFN4S/c1-3-6-17-12-8-13(20-14(19-12)21-2)18-11-5-4-9(15)7-10(11)16/h4-5,7-8H,3,6H2,1-2H3,(H2,17,18,19,20). The van der Waals surface area contributed by atoms with Gasteiger partial charge in [-0.1, -0.05) is 30.3 Å². The molecule has 1 heterocycles. The zero-order chi connectivity index (χ0) is 15.2. The first-order valence-electron chi connectivity index (χ1n) is 6.51. The van der Waals surface area contributed by atoms with E-state index >= 15 is 0 Å². The number of aromatic nitrogens is 2. The Balaban J connectivity index is 2.25. The van der Waals surface area contributed by atoms with Crippen LogP contribution >= 0.6 is 23.4 Å². The first kappa shape index (κ1) is 15.9.